The molecule has 0 fully saturated rings. The lowest BCUT2D eigenvalue weighted by molar-refractivity contribution is -0.136. The van der Waals surface area contributed by atoms with Crippen LogP contribution in [0.2, 0.25) is 0 Å². The number of aliphatic carboxylic acids is 1. The molecule has 100 valence electrons. The van der Waals surface area contributed by atoms with Crippen molar-refractivity contribution in [3.8, 4) is 5.75 Å². The van der Waals surface area contributed by atoms with Crippen molar-refractivity contribution in [3.63, 3.8) is 0 Å². The Kier molecular flexibility index (Phi) is 3.74. The fourth-order valence-corrected chi connectivity index (χ4v) is 1.72. The summed E-state index contributed by atoms with van der Waals surface area (Å²) in [6.45, 7) is 2.30. The molecule has 1 N–H and O–H groups in total. The maximum absolute atomic E-state index is 10.6. The van der Waals surface area contributed by atoms with Crippen molar-refractivity contribution in [1.29, 1.82) is 0 Å². The Balaban J connectivity index is 2.14. The van der Waals surface area contributed by atoms with E-state index < -0.39 is 5.97 Å². The summed E-state index contributed by atoms with van der Waals surface area (Å²) in [7, 11) is 1.60. The standard InChI is InChI=1S/C12H14N4O3/c1-8-3-11(19-2)4-9(13-8)6-16-7-10(14-15-16)5-12(17)18/h3-4,7H,5-6H2,1-2H3,(H,17,18). The van der Waals surface area contributed by atoms with E-state index in [9.17, 15) is 4.79 Å². The number of aromatic nitrogens is 4. The minimum Gasteiger partial charge on any atom is -0.497 e. The molecule has 0 aliphatic heterocycles. The van der Waals surface area contributed by atoms with Crippen molar-refractivity contribution in [2.45, 2.75) is 19.9 Å². The summed E-state index contributed by atoms with van der Waals surface area (Å²) in [5.74, 6) is -0.198. The number of carboxylic acids is 1. The highest BCUT2D eigenvalue weighted by Crippen LogP contribution is 2.14. The minimum atomic E-state index is -0.928. The summed E-state index contributed by atoms with van der Waals surface area (Å²) < 4.78 is 6.72. The Morgan fingerprint density at radius 1 is 1.42 bits per heavy atom. The molecular weight excluding hydrogens is 248 g/mol. The van der Waals surface area contributed by atoms with Gasteiger partial charge < -0.3 is 9.84 Å². The number of hydrogen-bond acceptors (Lipinski definition) is 5. The van der Waals surface area contributed by atoms with Crippen LogP contribution in [0.1, 0.15) is 17.1 Å². The first-order valence-corrected chi connectivity index (χ1v) is 5.69. The van der Waals surface area contributed by atoms with Crippen molar-refractivity contribution in [3.05, 3.63) is 35.4 Å². The van der Waals surface area contributed by atoms with Gasteiger partial charge in [0.2, 0.25) is 0 Å². The third-order valence-corrected chi connectivity index (χ3v) is 2.46. The van der Waals surface area contributed by atoms with E-state index in [1.54, 1.807) is 18.0 Å². The molecule has 0 spiro atoms. The Labute approximate surface area is 109 Å². The molecule has 0 saturated heterocycles. The molecule has 19 heavy (non-hydrogen) atoms. The summed E-state index contributed by atoms with van der Waals surface area (Å²) in [5.41, 5.74) is 2.05. The minimum absolute atomic E-state index is 0.134. The molecule has 0 bridgehead atoms. The van der Waals surface area contributed by atoms with Crippen molar-refractivity contribution in [2.24, 2.45) is 0 Å². The zero-order chi connectivity index (χ0) is 13.8. The van der Waals surface area contributed by atoms with Crippen molar-refractivity contribution in [2.75, 3.05) is 7.11 Å². The van der Waals surface area contributed by atoms with E-state index in [2.05, 4.69) is 15.3 Å². The summed E-state index contributed by atoms with van der Waals surface area (Å²) >= 11 is 0. The highest BCUT2D eigenvalue weighted by Gasteiger charge is 2.07. The van der Waals surface area contributed by atoms with Crippen molar-refractivity contribution >= 4 is 5.97 Å². The lowest BCUT2D eigenvalue weighted by Gasteiger charge is -2.05. The smallest absolute Gasteiger partial charge is 0.309 e. The lowest BCUT2D eigenvalue weighted by Crippen LogP contribution is -2.04. The second-order valence-electron chi connectivity index (χ2n) is 4.12. The maximum Gasteiger partial charge on any atom is 0.309 e. The second-order valence-corrected chi connectivity index (χ2v) is 4.12. The summed E-state index contributed by atoms with van der Waals surface area (Å²) in [4.78, 5) is 14.9. The molecule has 0 amide bonds. The molecule has 7 heteroatoms. The van der Waals surface area contributed by atoms with Gasteiger partial charge in [0.15, 0.2) is 0 Å². The van der Waals surface area contributed by atoms with E-state index in [-0.39, 0.29) is 6.42 Å². The fourth-order valence-electron chi connectivity index (χ4n) is 1.72. The predicted molar refractivity (Wildman–Crippen MR) is 66.0 cm³/mol. The molecule has 2 rings (SSSR count). The van der Waals surface area contributed by atoms with Gasteiger partial charge in [0.1, 0.15) is 5.75 Å². The van der Waals surface area contributed by atoms with Crippen molar-refractivity contribution in [1.82, 2.24) is 20.0 Å². The lowest BCUT2D eigenvalue weighted by atomic mass is 10.3. The van der Waals surface area contributed by atoms with Gasteiger partial charge in [-0.15, -0.1) is 5.10 Å². The van der Waals surface area contributed by atoms with Crippen LogP contribution in [0.3, 0.4) is 0 Å². The molecule has 7 nitrogen and oxygen atoms in total. The fraction of sp³-hybridized carbons (Fsp3) is 0.333. The second kappa shape index (κ2) is 5.47. The molecule has 0 atom stereocenters. The first kappa shape index (κ1) is 13.0. The van der Waals surface area contributed by atoms with Gasteiger partial charge in [0.25, 0.3) is 0 Å². The van der Waals surface area contributed by atoms with E-state index >= 15 is 0 Å². The third-order valence-electron chi connectivity index (χ3n) is 2.46. The van der Waals surface area contributed by atoms with Crippen LogP contribution in [0.5, 0.6) is 5.75 Å². The first-order valence-electron chi connectivity index (χ1n) is 5.69. The van der Waals surface area contributed by atoms with Gasteiger partial charge in [-0.3, -0.25) is 9.78 Å². The van der Waals surface area contributed by atoms with E-state index in [0.717, 1.165) is 17.1 Å². The first-order chi connectivity index (χ1) is 9.06. The quantitative estimate of drug-likeness (QED) is 0.851. The van der Waals surface area contributed by atoms with E-state index in [4.69, 9.17) is 9.84 Å². The van der Waals surface area contributed by atoms with Gasteiger partial charge in [-0.2, -0.15) is 0 Å². The molecule has 0 aliphatic carbocycles. The summed E-state index contributed by atoms with van der Waals surface area (Å²) in [6.07, 6.45) is 1.47. The molecule has 0 aromatic carbocycles. The van der Waals surface area contributed by atoms with E-state index in [1.807, 2.05) is 19.1 Å². The van der Waals surface area contributed by atoms with Crippen LogP contribution in [-0.4, -0.2) is 38.2 Å². The molecule has 0 aliphatic rings. The normalized spacial score (nSPS) is 10.4. The average molecular weight is 262 g/mol. The highest BCUT2D eigenvalue weighted by atomic mass is 16.5. The van der Waals surface area contributed by atoms with Gasteiger partial charge in [-0.25, -0.2) is 4.68 Å². The number of carbonyl (C=O) groups is 1. The van der Waals surface area contributed by atoms with Gasteiger partial charge in [0, 0.05) is 24.0 Å². The molecule has 2 aromatic heterocycles. The molecule has 0 unspecified atom stereocenters. The molecular formula is C12H14N4O3. The molecule has 2 aromatic rings. The maximum atomic E-state index is 10.6. The topological polar surface area (TPSA) is 90.1 Å². The van der Waals surface area contributed by atoms with Gasteiger partial charge in [-0.1, -0.05) is 5.21 Å². The predicted octanol–water partition coefficient (Wildman–Crippen LogP) is 0.666. The highest BCUT2D eigenvalue weighted by molar-refractivity contribution is 5.69. The van der Waals surface area contributed by atoms with E-state index in [0.29, 0.717) is 12.2 Å². The van der Waals surface area contributed by atoms with Crippen LogP contribution in [0, 0.1) is 6.92 Å². The Morgan fingerprint density at radius 2 is 2.21 bits per heavy atom. The Bertz CT molecular complexity index is 594. The Hall–Kier alpha value is -2.44. The molecule has 0 saturated carbocycles. The van der Waals surface area contributed by atoms with E-state index in [1.165, 1.54) is 0 Å². The number of pyridine rings is 1. The van der Waals surface area contributed by atoms with Crippen LogP contribution >= 0.6 is 0 Å². The van der Waals surface area contributed by atoms with Crippen LogP contribution in [0.25, 0.3) is 0 Å². The SMILES string of the molecule is COc1cc(C)nc(Cn2cc(CC(=O)O)nn2)c1. The third kappa shape index (κ3) is 3.51. The number of aryl methyl sites for hydroxylation is 1. The number of nitrogens with zero attached hydrogens (tertiary/aromatic N) is 4. The largest absolute Gasteiger partial charge is 0.497 e. The van der Waals surface area contributed by atoms with Gasteiger partial charge >= 0.3 is 5.97 Å². The number of carboxylic acid groups (broad SMARTS) is 1. The van der Waals surface area contributed by atoms with Crippen LogP contribution < -0.4 is 4.74 Å². The zero-order valence-electron chi connectivity index (χ0n) is 10.7. The van der Waals surface area contributed by atoms with Crippen molar-refractivity contribution < 1.29 is 14.6 Å². The summed E-state index contributed by atoms with van der Waals surface area (Å²) in [6, 6.07) is 3.65. The Morgan fingerprint density at radius 3 is 2.89 bits per heavy atom. The van der Waals surface area contributed by atoms with Crippen LogP contribution in [-0.2, 0) is 17.8 Å². The average Bonchev–Trinajstić information content (AvgIpc) is 2.74. The van der Waals surface area contributed by atoms with Gasteiger partial charge in [-0.05, 0) is 6.92 Å². The molecule has 2 heterocycles. The van der Waals surface area contributed by atoms with Crippen LogP contribution in [0.15, 0.2) is 18.3 Å². The number of hydrogen-bond donors (Lipinski definition) is 1. The number of methoxy groups -OCH3 is 1. The monoisotopic (exact) mass is 262 g/mol. The number of rotatable bonds is 5. The summed E-state index contributed by atoms with van der Waals surface area (Å²) in [5, 5.41) is 16.3. The van der Waals surface area contributed by atoms with Gasteiger partial charge in [0.05, 0.1) is 31.5 Å². The van der Waals surface area contributed by atoms with Crippen LogP contribution in [0.4, 0.5) is 0 Å². The number of ether oxygens (including phenoxy) is 1. The molecule has 0 radical (unpaired) electrons. The zero-order valence-corrected chi connectivity index (χ0v) is 10.7.